The van der Waals surface area contributed by atoms with Gasteiger partial charge in [-0.2, -0.15) is 0 Å². The number of hydrogen-bond donors (Lipinski definition) is 3. The molecule has 0 radical (unpaired) electrons. The minimum Gasteiger partial charge on any atom is -0.393 e. The maximum absolute atomic E-state index is 12.6. The molecule has 2 rings (SSSR count). The van der Waals surface area contributed by atoms with E-state index in [9.17, 15) is 9.90 Å². The zero-order valence-corrected chi connectivity index (χ0v) is 12.8. The molecule has 116 valence electrons. The summed E-state index contributed by atoms with van der Waals surface area (Å²) in [5, 5.41) is 16.3. The molecule has 0 aromatic carbocycles. The van der Waals surface area contributed by atoms with Gasteiger partial charge in [-0.25, -0.2) is 0 Å². The molecule has 3 atom stereocenters. The van der Waals surface area contributed by atoms with Crippen LogP contribution in [0, 0.1) is 11.3 Å². The van der Waals surface area contributed by atoms with Crippen LogP contribution in [0.4, 0.5) is 0 Å². The second kappa shape index (κ2) is 7.41. The van der Waals surface area contributed by atoms with Crippen LogP contribution in [-0.4, -0.2) is 36.8 Å². The standard InChI is InChI=1S/C16H30N2O2/c1-2-7-16(8-4-9-17-12-16)15(20)18-11-13-5-3-6-14(19)10-13/h13-14,17,19H,2-12H2,1H3,(H,18,20). The van der Waals surface area contributed by atoms with E-state index in [4.69, 9.17) is 0 Å². The molecule has 1 aliphatic carbocycles. The number of aliphatic hydroxyl groups is 1. The first-order valence-electron chi connectivity index (χ1n) is 8.33. The van der Waals surface area contributed by atoms with Crippen LogP contribution < -0.4 is 10.6 Å². The van der Waals surface area contributed by atoms with Crippen LogP contribution in [0.25, 0.3) is 0 Å². The second-order valence-corrected chi connectivity index (χ2v) is 6.71. The Kier molecular flexibility index (Phi) is 5.85. The molecule has 1 amide bonds. The molecular formula is C16H30N2O2. The molecule has 0 spiro atoms. The zero-order valence-electron chi connectivity index (χ0n) is 12.8. The highest BCUT2D eigenvalue weighted by atomic mass is 16.3. The van der Waals surface area contributed by atoms with Crippen molar-refractivity contribution in [3.05, 3.63) is 0 Å². The lowest BCUT2D eigenvalue weighted by Gasteiger charge is -2.37. The highest BCUT2D eigenvalue weighted by Crippen LogP contribution is 2.32. The van der Waals surface area contributed by atoms with Crippen LogP contribution in [0.2, 0.25) is 0 Å². The molecule has 1 saturated heterocycles. The lowest BCUT2D eigenvalue weighted by atomic mass is 9.76. The molecule has 0 bridgehead atoms. The van der Waals surface area contributed by atoms with Crippen LogP contribution in [0.15, 0.2) is 0 Å². The Balaban J connectivity index is 1.85. The fourth-order valence-corrected chi connectivity index (χ4v) is 3.84. The normalized spacial score (nSPS) is 34.7. The summed E-state index contributed by atoms with van der Waals surface area (Å²) in [7, 11) is 0. The van der Waals surface area contributed by atoms with Gasteiger partial charge in [0, 0.05) is 13.1 Å². The van der Waals surface area contributed by atoms with Gasteiger partial charge >= 0.3 is 0 Å². The van der Waals surface area contributed by atoms with Crippen molar-refractivity contribution in [2.75, 3.05) is 19.6 Å². The molecule has 4 nitrogen and oxygen atoms in total. The van der Waals surface area contributed by atoms with Gasteiger partial charge in [-0.3, -0.25) is 4.79 Å². The van der Waals surface area contributed by atoms with Crippen molar-refractivity contribution in [2.45, 2.75) is 64.4 Å². The smallest absolute Gasteiger partial charge is 0.227 e. The SMILES string of the molecule is CCCC1(C(=O)NCC2CCCC(O)C2)CCCNC1. The van der Waals surface area contributed by atoms with Crippen molar-refractivity contribution in [1.29, 1.82) is 0 Å². The van der Waals surface area contributed by atoms with Gasteiger partial charge in [-0.1, -0.05) is 19.8 Å². The molecule has 0 aromatic heterocycles. The minimum absolute atomic E-state index is 0.161. The van der Waals surface area contributed by atoms with E-state index in [1.807, 2.05) is 0 Å². The Hall–Kier alpha value is -0.610. The molecular weight excluding hydrogens is 252 g/mol. The molecule has 1 aliphatic heterocycles. The van der Waals surface area contributed by atoms with E-state index in [1.54, 1.807) is 0 Å². The highest BCUT2D eigenvalue weighted by molar-refractivity contribution is 5.83. The van der Waals surface area contributed by atoms with Crippen LogP contribution in [0.5, 0.6) is 0 Å². The van der Waals surface area contributed by atoms with Crippen molar-refractivity contribution in [2.24, 2.45) is 11.3 Å². The van der Waals surface area contributed by atoms with E-state index in [0.717, 1.165) is 71.0 Å². The molecule has 2 fully saturated rings. The monoisotopic (exact) mass is 282 g/mol. The Morgan fingerprint density at radius 1 is 1.40 bits per heavy atom. The van der Waals surface area contributed by atoms with Gasteiger partial charge in [0.15, 0.2) is 0 Å². The third-order valence-corrected chi connectivity index (χ3v) is 4.99. The molecule has 2 aliphatic rings. The fourth-order valence-electron chi connectivity index (χ4n) is 3.84. The minimum atomic E-state index is -0.194. The molecule has 0 aromatic rings. The Labute approximate surface area is 122 Å². The number of piperidine rings is 1. The predicted molar refractivity (Wildman–Crippen MR) is 80.4 cm³/mol. The summed E-state index contributed by atoms with van der Waals surface area (Å²) in [4.78, 5) is 12.6. The maximum Gasteiger partial charge on any atom is 0.227 e. The van der Waals surface area contributed by atoms with E-state index in [1.165, 1.54) is 0 Å². The first-order chi connectivity index (χ1) is 9.66. The van der Waals surface area contributed by atoms with Crippen molar-refractivity contribution in [1.82, 2.24) is 10.6 Å². The van der Waals surface area contributed by atoms with Gasteiger partial charge in [0.05, 0.1) is 11.5 Å². The summed E-state index contributed by atoms with van der Waals surface area (Å²) in [5.74, 6) is 0.685. The van der Waals surface area contributed by atoms with Crippen molar-refractivity contribution >= 4 is 5.91 Å². The van der Waals surface area contributed by atoms with Crippen molar-refractivity contribution < 1.29 is 9.90 Å². The van der Waals surface area contributed by atoms with Crippen LogP contribution >= 0.6 is 0 Å². The molecule has 20 heavy (non-hydrogen) atoms. The third-order valence-electron chi connectivity index (χ3n) is 4.99. The van der Waals surface area contributed by atoms with Gasteiger partial charge in [0.1, 0.15) is 0 Å². The number of carbonyl (C=O) groups excluding carboxylic acids is 1. The van der Waals surface area contributed by atoms with Gasteiger partial charge in [-0.05, 0) is 51.0 Å². The van der Waals surface area contributed by atoms with Crippen molar-refractivity contribution in [3.63, 3.8) is 0 Å². The number of carbonyl (C=O) groups is 1. The number of amides is 1. The summed E-state index contributed by atoms with van der Waals surface area (Å²) in [6, 6.07) is 0. The number of rotatable bonds is 5. The van der Waals surface area contributed by atoms with Gasteiger partial charge in [0.25, 0.3) is 0 Å². The van der Waals surface area contributed by atoms with E-state index in [0.29, 0.717) is 5.92 Å². The Morgan fingerprint density at radius 2 is 2.25 bits per heavy atom. The average molecular weight is 282 g/mol. The molecule has 1 saturated carbocycles. The van der Waals surface area contributed by atoms with E-state index >= 15 is 0 Å². The maximum atomic E-state index is 12.6. The first kappa shape index (κ1) is 15.8. The topological polar surface area (TPSA) is 61.4 Å². The lowest BCUT2D eigenvalue weighted by Crippen LogP contribution is -2.51. The average Bonchev–Trinajstić information content (AvgIpc) is 2.46. The second-order valence-electron chi connectivity index (χ2n) is 6.71. The number of nitrogens with one attached hydrogen (secondary N) is 2. The van der Waals surface area contributed by atoms with Gasteiger partial charge < -0.3 is 15.7 Å². The summed E-state index contributed by atoms with van der Waals surface area (Å²) in [6.07, 6.45) is 7.96. The fraction of sp³-hybridized carbons (Fsp3) is 0.938. The zero-order chi connectivity index (χ0) is 14.4. The summed E-state index contributed by atoms with van der Waals surface area (Å²) in [6.45, 7) is 4.75. The van der Waals surface area contributed by atoms with E-state index in [2.05, 4.69) is 17.6 Å². The molecule has 1 heterocycles. The number of hydrogen-bond acceptors (Lipinski definition) is 3. The lowest BCUT2D eigenvalue weighted by molar-refractivity contribution is -0.133. The molecule has 3 N–H and O–H groups in total. The summed E-state index contributed by atoms with van der Waals surface area (Å²) < 4.78 is 0. The predicted octanol–water partition coefficient (Wildman–Crippen LogP) is 1.82. The Bertz CT molecular complexity index is 308. The highest BCUT2D eigenvalue weighted by Gasteiger charge is 2.38. The van der Waals surface area contributed by atoms with Crippen LogP contribution in [0.3, 0.4) is 0 Å². The van der Waals surface area contributed by atoms with Gasteiger partial charge in [-0.15, -0.1) is 0 Å². The quantitative estimate of drug-likeness (QED) is 0.721. The van der Waals surface area contributed by atoms with E-state index < -0.39 is 0 Å². The van der Waals surface area contributed by atoms with E-state index in [-0.39, 0.29) is 17.4 Å². The largest absolute Gasteiger partial charge is 0.393 e. The molecule has 3 unspecified atom stereocenters. The molecule has 4 heteroatoms. The van der Waals surface area contributed by atoms with Gasteiger partial charge in [0.2, 0.25) is 5.91 Å². The summed E-state index contributed by atoms with van der Waals surface area (Å²) >= 11 is 0. The first-order valence-corrected chi connectivity index (χ1v) is 8.33. The summed E-state index contributed by atoms with van der Waals surface area (Å²) in [5.41, 5.74) is -0.194. The third kappa shape index (κ3) is 3.95. The van der Waals surface area contributed by atoms with Crippen molar-refractivity contribution in [3.8, 4) is 0 Å². The van der Waals surface area contributed by atoms with Crippen LogP contribution in [-0.2, 0) is 4.79 Å². The number of aliphatic hydroxyl groups excluding tert-OH is 1. The Morgan fingerprint density at radius 3 is 2.90 bits per heavy atom. The van der Waals surface area contributed by atoms with Crippen LogP contribution in [0.1, 0.15) is 58.3 Å².